The van der Waals surface area contributed by atoms with Crippen LogP contribution in [0.4, 0.5) is 5.69 Å². The fourth-order valence-corrected chi connectivity index (χ4v) is 2.74. The summed E-state index contributed by atoms with van der Waals surface area (Å²) in [5, 5.41) is 0.742. The molecule has 2 aromatic rings. The fraction of sp³-hybridized carbons (Fsp3) is 0.312. The van der Waals surface area contributed by atoms with E-state index in [1.54, 1.807) is 0 Å². The van der Waals surface area contributed by atoms with E-state index in [4.69, 9.17) is 11.6 Å². The highest BCUT2D eigenvalue weighted by Gasteiger charge is 2.15. The quantitative estimate of drug-likeness (QED) is 0.699. The summed E-state index contributed by atoms with van der Waals surface area (Å²) in [5.41, 5.74) is 2.08. The summed E-state index contributed by atoms with van der Waals surface area (Å²) >= 11 is 5.85. The van der Waals surface area contributed by atoms with Crippen molar-refractivity contribution in [3.63, 3.8) is 0 Å². The van der Waals surface area contributed by atoms with Gasteiger partial charge in [-0.1, -0.05) is 24.4 Å². The minimum Gasteiger partial charge on any atom is -0.351 e. The van der Waals surface area contributed by atoms with Gasteiger partial charge in [-0.25, -0.2) is 0 Å². The molecule has 0 N–H and O–H groups in total. The minimum absolute atomic E-state index is 0.692. The molecule has 1 aromatic carbocycles. The monoisotopic (exact) mass is 272 g/mol. The molecule has 0 unspecified atom stereocenters. The lowest BCUT2D eigenvalue weighted by atomic mass is 10.2. The van der Waals surface area contributed by atoms with Crippen molar-refractivity contribution in [2.45, 2.75) is 31.7 Å². The number of nitrogens with zero attached hydrogens (tertiary/aromatic N) is 2. The van der Waals surface area contributed by atoms with Crippen LogP contribution in [0.3, 0.4) is 0 Å². The molecule has 0 radical (unpaired) electrons. The van der Waals surface area contributed by atoms with Crippen molar-refractivity contribution in [1.29, 1.82) is 0 Å². The highest BCUT2D eigenvalue weighted by molar-refractivity contribution is 6.30. The van der Waals surface area contributed by atoms with Crippen LogP contribution in [0, 0.1) is 0 Å². The molecule has 2 nitrogen and oxygen atoms in total. The number of hydrogen-bond acceptors (Lipinski definition) is 1. The molecule has 3 rings (SSSR count). The SMILES string of the molecule is Clc1ccc(N=Cc2ccn(C3CCCC3)c2)cc1. The molecule has 0 bridgehead atoms. The van der Waals surface area contributed by atoms with E-state index in [0.29, 0.717) is 6.04 Å². The third-order valence-corrected chi connectivity index (χ3v) is 3.92. The van der Waals surface area contributed by atoms with Crippen LogP contribution in [0.2, 0.25) is 5.02 Å². The van der Waals surface area contributed by atoms with Crippen LogP contribution >= 0.6 is 11.6 Å². The maximum atomic E-state index is 5.85. The Kier molecular flexibility index (Phi) is 3.69. The van der Waals surface area contributed by atoms with Crippen LogP contribution < -0.4 is 0 Å². The molecular formula is C16H17ClN2. The molecule has 0 aliphatic heterocycles. The molecule has 1 heterocycles. The lowest BCUT2D eigenvalue weighted by Crippen LogP contribution is -2.00. The normalized spacial score (nSPS) is 16.5. The highest BCUT2D eigenvalue weighted by atomic mass is 35.5. The van der Waals surface area contributed by atoms with Crippen molar-refractivity contribution in [3.05, 3.63) is 53.3 Å². The molecular weight excluding hydrogens is 256 g/mol. The Hall–Kier alpha value is -1.54. The van der Waals surface area contributed by atoms with Gasteiger partial charge in [-0.3, -0.25) is 4.99 Å². The number of rotatable bonds is 3. The van der Waals surface area contributed by atoms with Gasteiger partial charge in [0.15, 0.2) is 0 Å². The van der Waals surface area contributed by atoms with Gasteiger partial charge in [0.1, 0.15) is 0 Å². The topological polar surface area (TPSA) is 17.3 Å². The largest absolute Gasteiger partial charge is 0.351 e. The summed E-state index contributed by atoms with van der Waals surface area (Å²) in [5.74, 6) is 0. The predicted octanol–water partition coefficient (Wildman–Crippen LogP) is 5.01. The van der Waals surface area contributed by atoms with E-state index in [1.165, 1.54) is 25.7 Å². The molecule has 1 saturated carbocycles. The van der Waals surface area contributed by atoms with Crippen LogP contribution in [-0.2, 0) is 0 Å². The van der Waals surface area contributed by atoms with Crippen LogP contribution in [0.5, 0.6) is 0 Å². The molecule has 19 heavy (non-hydrogen) atoms. The van der Waals surface area contributed by atoms with E-state index in [0.717, 1.165) is 16.3 Å². The van der Waals surface area contributed by atoms with E-state index in [2.05, 4.69) is 28.0 Å². The van der Waals surface area contributed by atoms with E-state index in [9.17, 15) is 0 Å². The zero-order valence-electron chi connectivity index (χ0n) is 10.8. The van der Waals surface area contributed by atoms with Crippen LogP contribution in [0.25, 0.3) is 0 Å². The smallest absolute Gasteiger partial charge is 0.0630 e. The Labute approximate surface area is 118 Å². The average molecular weight is 273 g/mol. The highest BCUT2D eigenvalue weighted by Crippen LogP contribution is 2.29. The number of hydrogen-bond donors (Lipinski definition) is 0. The predicted molar refractivity (Wildman–Crippen MR) is 80.6 cm³/mol. The van der Waals surface area contributed by atoms with Gasteiger partial charge in [0.2, 0.25) is 0 Å². The van der Waals surface area contributed by atoms with E-state index < -0.39 is 0 Å². The molecule has 0 saturated heterocycles. The van der Waals surface area contributed by atoms with Crippen molar-refractivity contribution in [2.75, 3.05) is 0 Å². The third kappa shape index (κ3) is 3.07. The molecule has 1 aliphatic carbocycles. The lowest BCUT2D eigenvalue weighted by Gasteiger charge is -2.10. The van der Waals surface area contributed by atoms with E-state index >= 15 is 0 Å². The van der Waals surface area contributed by atoms with Gasteiger partial charge in [-0.05, 0) is 43.2 Å². The van der Waals surface area contributed by atoms with Gasteiger partial charge in [0.25, 0.3) is 0 Å². The Morgan fingerprint density at radius 2 is 1.84 bits per heavy atom. The number of halogens is 1. The lowest BCUT2D eigenvalue weighted by molar-refractivity contribution is 0.521. The number of benzene rings is 1. The molecule has 0 spiro atoms. The molecule has 98 valence electrons. The first-order chi connectivity index (χ1) is 9.31. The Morgan fingerprint density at radius 3 is 2.58 bits per heavy atom. The van der Waals surface area contributed by atoms with Crippen molar-refractivity contribution in [1.82, 2.24) is 4.57 Å². The Morgan fingerprint density at radius 1 is 1.11 bits per heavy atom. The maximum Gasteiger partial charge on any atom is 0.0630 e. The van der Waals surface area contributed by atoms with Crippen molar-refractivity contribution < 1.29 is 0 Å². The summed E-state index contributed by atoms with van der Waals surface area (Å²) in [6.07, 6.45) is 11.6. The van der Waals surface area contributed by atoms with Crippen LogP contribution in [0.15, 0.2) is 47.7 Å². The van der Waals surface area contributed by atoms with E-state index in [1.807, 2.05) is 30.5 Å². The fourth-order valence-electron chi connectivity index (χ4n) is 2.61. The summed E-state index contributed by atoms with van der Waals surface area (Å²) in [6, 6.07) is 10.4. The molecule has 3 heteroatoms. The molecule has 0 atom stereocenters. The van der Waals surface area contributed by atoms with Gasteiger partial charge in [-0.15, -0.1) is 0 Å². The average Bonchev–Trinajstić information content (AvgIpc) is 3.09. The second kappa shape index (κ2) is 5.62. The summed E-state index contributed by atoms with van der Waals surface area (Å²) < 4.78 is 2.33. The summed E-state index contributed by atoms with van der Waals surface area (Å²) in [6.45, 7) is 0. The second-order valence-electron chi connectivity index (χ2n) is 5.06. The van der Waals surface area contributed by atoms with Crippen molar-refractivity contribution in [3.8, 4) is 0 Å². The summed E-state index contributed by atoms with van der Waals surface area (Å²) in [7, 11) is 0. The molecule has 1 aliphatic rings. The Balaban J connectivity index is 1.71. The molecule has 1 fully saturated rings. The van der Waals surface area contributed by atoms with Gasteiger partial charge >= 0.3 is 0 Å². The van der Waals surface area contributed by atoms with Gasteiger partial charge in [-0.2, -0.15) is 0 Å². The number of aromatic nitrogens is 1. The summed E-state index contributed by atoms with van der Waals surface area (Å²) in [4.78, 5) is 4.46. The standard InChI is InChI=1S/C16H17ClN2/c17-14-5-7-15(8-6-14)18-11-13-9-10-19(12-13)16-3-1-2-4-16/h5-12,16H,1-4H2. The minimum atomic E-state index is 0.692. The first-order valence-corrected chi connectivity index (χ1v) is 7.16. The van der Waals surface area contributed by atoms with E-state index in [-0.39, 0.29) is 0 Å². The second-order valence-corrected chi connectivity index (χ2v) is 5.50. The van der Waals surface area contributed by atoms with Crippen LogP contribution in [0.1, 0.15) is 37.3 Å². The first kappa shape index (κ1) is 12.5. The Bertz CT molecular complexity index is 563. The zero-order valence-corrected chi connectivity index (χ0v) is 11.6. The third-order valence-electron chi connectivity index (χ3n) is 3.67. The molecule has 1 aromatic heterocycles. The van der Waals surface area contributed by atoms with Gasteiger partial charge in [0.05, 0.1) is 5.69 Å². The van der Waals surface area contributed by atoms with Crippen molar-refractivity contribution in [2.24, 2.45) is 4.99 Å². The zero-order chi connectivity index (χ0) is 13.1. The maximum absolute atomic E-state index is 5.85. The number of aliphatic imine (C=N–C) groups is 1. The van der Waals surface area contributed by atoms with Gasteiger partial charge in [0, 0.05) is 35.2 Å². The van der Waals surface area contributed by atoms with Gasteiger partial charge < -0.3 is 4.57 Å². The van der Waals surface area contributed by atoms with Crippen molar-refractivity contribution >= 4 is 23.5 Å². The molecule has 0 amide bonds. The first-order valence-electron chi connectivity index (χ1n) is 6.78. The van der Waals surface area contributed by atoms with Crippen LogP contribution in [-0.4, -0.2) is 10.8 Å².